The van der Waals surface area contributed by atoms with Crippen molar-refractivity contribution in [2.75, 3.05) is 25.5 Å². The van der Waals surface area contributed by atoms with Crippen molar-refractivity contribution in [2.24, 2.45) is 5.92 Å². The second-order valence-corrected chi connectivity index (χ2v) is 9.21. The van der Waals surface area contributed by atoms with Crippen LogP contribution in [0.5, 0.6) is 17.2 Å². The Bertz CT molecular complexity index is 1370. The normalized spacial score (nSPS) is 15.2. The van der Waals surface area contributed by atoms with E-state index >= 15 is 0 Å². The summed E-state index contributed by atoms with van der Waals surface area (Å²) in [7, 11) is 1.78. The van der Waals surface area contributed by atoms with E-state index < -0.39 is 0 Å². The summed E-state index contributed by atoms with van der Waals surface area (Å²) in [5, 5.41) is 8.83. The fourth-order valence-corrected chi connectivity index (χ4v) is 4.29. The van der Waals surface area contributed by atoms with Gasteiger partial charge in [0, 0.05) is 42.4 Å². The number of benzene rings is 2. The van der Waals surface area contributed by atoms with Crippen LogP contribution in [0, 0.1) is 12.8 Å². The maximum Gasteiger partial charge on any atom is 0.257 e. The molecule has 5 rings (SSSR count). The van der Waals surface area contributed by atoms with Crippen LogP contribution in [0.2, 0.25) is 0 Å². The van der Waals surface area contributed by atoms with Crippen molar-refractivity contribution in [1.82, 2.24) is 20.0 Å². The van der Waals surface area contributed by atoms with Crippen molar-refractivity contribution in [3.63, 3.8) is 0 Å². The second kappa shape index (κ2) is 10.2. The summed E-state index contributed by atoms with van der Waals surface area (Å²) in [4.78, 5) is 35.2. The number of carbonyl (C=O) groups excluding carboxylic acids is 2. The van der Waals surface area contributed by atoms with Gasteiger partial charge in [0.25, 0.3) is 11.8 Å². The molecule has 2 aromatic heterocycles. The highest BCUT2D eigenvalue weighted by Gasteiger charge is 2.29. The zero-order chi connectivity index (χ0) is 25.1. The Morgan fingerprint density at radius 1 is 1.19 bits per heavy atom. The third-order valence-electron chi connectivity index (χ3n) is 5.65. The molecular weight excluding hydrogens is 482 g/mol. The van der Waals surface area contributed by atoms with Crippen LogP contribution >= 0.6 is 11.3 Å². The molecule has 10 nitrogen and oxygen atoms in total. The Balaban J connectivity index is 1.36. The van der Waals surface area contributed by atoms with E-state index in [0.29, 0.717) is 46.2 Å². The molecule has 1 unspecified atom stereocenters. The van der Waals surface area contributed by atoms with Gasteiger partial charge in [0.1, 0.15) is 17.2 Å². The van der Waals surface area contributed by atoms with Gasteiger partial charge in [-0.3, -0.25) is 14.9 Å². The topological polar surface area (TPSA) is 120 Å². The van der Waals surface area contributed by atoms with Crippen molar-refractivity contribution in [1.29, 1.82) is 0 Å². The minimum atomic E-state index is -0.348. The van der Waals surface area contributed by atoms with Gasteiger partial charge in [0.2, 0.25) is 5.91 Å². The van der Waals surface area contributed by atoms with Gasteiger partial charge in [-0.15, -0.1) is 11.3 Å². The molecule has 3 heterocycles. The highest BCUT2D eigenvalue weighted by atomic mass is 32.1. The van der Waals surface area contributed by atoms with Crippen LogP contribution in [0.4, 0.5) is 5.13 Å². The quantitative estimate of drug-likeness (QED) is 0.374. The number of hydrogen-bond acceptors (Lipinski definition) is 9. The Morgan fingerprint density at radius 2 is 2.00 bits per heavy atom. The summed E-state index contributed by atoms with van der Waals surface area (Å²) >= 11 is 1.32. The number of hydrogen-bond donors (Lipinski definition) is 1. The SMILES string of the molecule is Cc1noc(-c2ccc(Oc3cc(OCC4CCN(C)C4=O)cc(C(=O)Nc4nccs4)c3)cc2)n1. The predicted molar refractivity (Wildman–Crippen MR) is 132 cm³/mol. The molecule has 184 valence electrons. The van der Waals surface area contributed by atoms with Crippen LogP contribution in [-0.2, 0) is 4.79 Å². The molecule has 0 radical (unpaired) electrons. The number of carbonyl (C=O) groups is 2. The first-order valence-electron chi connectivity index (χ1n) is 11.3. The number of amides is 2. The molecule has 0 aliphatic carbocycles. The van der Waals surface area contributed by atoms with Crippen LogP contribution in [0.1, 0.15) is 22.6 Å². The molecule has 0 bridgehead atoms. The lowest BCUT2D eigenvalue weighted by Crippen LogP contribution is -2.25. The number of nitrogens with zero attached hydrogens (tertiary/aromatic N) is 4. The summed E-state index contributed by atoms with van der Waals surface area (Å²) < 4.78 is 17.2. The average molecular weight is 506 g/mol. The molecule has 0 saturated carbocycles. The maximum absolute atomic E-state index is 12.9. The van der Waals surface area contributed by atoms with E-state index in [-0.39, 0.29) is 24.3 Å². The zero-order valence-electron chi connectivity index (χ0n) is 19.6. The molecule has 1 saturated heterocycles. The highest BCUT2D eigenvalue weighted by molar-refractivity contribution is 7.13. The molecule has 11 heteroatoms. The van der Waals surface area contributed by atoms with Crippen molar-refractivity contribution in [3.8, 4) is 28.7 Å². The molecule has 4 aromatic rings. The van der Waals surface area contributed by atoms with Gasteiger partial charge in [0.15, 0.2) is 11.0 Å². The van der Waals surface area contributed by atoms with E-state index in [1.165, 1.54) is 11.3 Å². The fourth-order valence-electron chi connectivity index (χ4n) is 3.76. The number of aromatic nitrogens is 3. The minimum Gasteiger partial charge on any atom is -0.493 e. The average Bonchev–Trinajstić information content (AvgIpc) is 3.62. The van der Waals surface area contributed by atoms with Crippen molar-refractivity contribution in [3.05, 3.63) is 65.4 Å². The molecular formula is C25H23N5O5S. The first-order chi connectivity index (χ1) is 17.4. The van der Waals surface area contributed by atoms with E-state index in [1.54, 1.807) is 72.9 Å². The van der Waals surface area contributed by atoms with Crippen LogP contribution in [-0.4, -0.2) is 52.0 Å². The highest BCUT2D eigenvalue weighted by Crippen LogP contribution is 2.30. The third-order valence-corrected chi connectivity index (χ3v) is 6.34. The van der Waals surface area contributed by atoms with Gasteiger partial charge < -0.3 is 18.9 Å². The third kappa shape index (κ3) is 5.36. The molecule has 2 amide bonds. The second-order valence-electron chi connectivity index (χ2n) is 8.31. The Morgan fingerprint density at radius 3 is 2.67 bits per heavy atom. The number of ether oxygens (including phenoxy) is 2. The molecule has 1 aliphatic rings. The van der Waals surface area contributed by atoms with Gasteiger partial charge in [-0.1, -0.05) is 5.16 Å². The van der Waals surface area contributed by atoms with Crippen molar-refractivity contribution >= 4 is 28.3 Å². The number of anilines is 1. The zero-order valence-corrected chi connectivity index (χ0v) is 20.4. The Hall–Kier alpha value is -4.25. The van der Waals surface area contributed by atoms with Crippen molar-refractivity contribution in [2.45, 2.75) is 13.3 Å². The Kier molecular flexibility index (Phi) is 6.63. The van der Waals surface area contributed by atoms with E-state index in [2.05, 4.69) is 20.4 Å². The molecule has 36 heavy (non-hydrogen) atoms. The van der Waals surface area contributed by atoms with E-state index in [9.17, 15) is 9.59 Å². The first kappa shape index (κ1) is 23.5. The number of rotatable bonds is 8. The molecule has 1 fully saturated rings. The van der Waals surface area contributed by atoms with Crippen LogP contribution in [0.15, 0.2) is 58.6 Å². The van der Waals surface area contributed by atoms with E-state index in [0.717, 1.165) is 12.0 Å². The number of thiazole rings is 1. The maximum atomic E-state index is 12.9. The summed E-state index contributed by atoms with van der Waals surface area (Å²) in [5.74, 6) is 1.85. The summed E-state index contributed by atoms with van der Waals surface area (Å²) in [6.07, 6.45) is 2.35. The van der Waals surface area contributed by atoms with Crippen LogP contribution < -0.4 is 14.8 Å². The molecule has 0 spiro atoms. The number of aryl methyl sites for hydroxylation is 1. The van der Waals surface area contributed by atoms with Crippen molar-refractivity contribution < 1.29 is 23.6 Å². The lowest BCUT2D eigenvalue weighted by Gasteiger charge is -2.14. The van der Waals surface area contributed by atoms with Crippen LogP contribution in [0.25, 0.3) is 11.5 Å². The smallest absolute Gasteiger partial charge is 0.257 e. The summed E-state index contributed by atoms with van der Waals surface area (Å²) in [6.45, 7) is 2.68. The van der Waals surface area contributed by atoms with Crippen LogP contribution in [0.3, 0.4) is 0 Å². The lowest BCUT2D eigenvalue weighted by molar-refractivity contribution is -0.130. The molecule has 1 aliphatic heterocycles. The van der Waals surface area contributed by atoms with Gasteiger partial charge in [-0.25, -0.2) is 4.98 Å². The monoisotopic (exact) mass is 505 g/mol. The standard InChI is InChI=1S/C25H23N5O5S/c1-15-27-23(35-29-15)16-3-5-19(6-4-16)34-21-12-18(22(31)28-25-26-8-10-36-25)11-20(13-21)33-14-17-7-9-30(2)24(17)32/h3-6,8,10-13,17H,7,9,14H2,1-2H3,(H,26,28,31). The Labute approximate surface area is 210 Å². The van der Waals surface area contributed by atoms with E-state index in [4.69, 9.17) is 14.0 Å². The largest absolute Gasteiger partial charge is 0.493 e. The molecule has 1 atom stereocenters. The first-order valence-corrected chi connectivity index (χ1v) is 12.1. The lowest BCUT2D eigenvalue weighted by atomic mass is 10.1. The number of likely N-dealkylation sites (tertiary alicyclic amines) is 1. The minimum absolute atomic E-state index is 0.0562. The van der Waals surface area contributed by atoms with Gasteiger partial charge in [-0.2, -0.15) is 4.98 Å². The molecule has 1 N–H and O–H groups in total. The number of nitrogens with one attached hydrogen (secondary N) is 1. The summed E-state index contributed by atoms with van der Waals surface area (Å²) in [6, 6.07) is 12.1. The summed E-state index contributed by atoms with van der Waals surface area (Å²) in [5.41, 5.74) is 1.10. The van der Waals surface area contributed by atoms with Gasteiger partial charge in [-0.05, 0) is 49.7 Å². The predicted octanol–water partition coefficient (Wildman–Crippen LogP) is 4.40. The van der Waals surface area contributed by atoms with E-state index in [1.807, 2.05) is 0 Å². The molecule has 2 aromatic carbocycles. The van der Waals surface area contributed by atoms with Gasteiger partial charge >= 0.3 is 0 Å². The van der Waals surface area contributed by atoms with Gasteiger partial charge in [0.05, 0.1) is 12.5 Å². The fraction of sp³-hybridized carbons (Fsp3) is 0.240.